The molecule has 1 atom stereocenters. The molecule has 18 heavy (non-hydrogen) atoms. The van der Waals surface area contributed by atoms with Crippen molar-refractivity contribution in [3.63, 3.8) is 0 Å². The van der Waals surface area contributed by atoms with Gasteiger partial charge in [0.05, 0.1) is 0 Å². The summed E-state index contributed by atoms with van der Waals surface area (Å²) in [6.07, 6.45) is 7.79. The molecule has 1 aromatic carbocycles. The van der Waals surface area contributed by atoms with E-state index in [0.29, 0.717) is 0 Å². The van der Waals surface area contributed by atoms with Crippen LogP contribution in [0.2, 0.25) is 0 Å². The molecule has 0 bridgehead atoms. The van der Waals surface area contributed by atoms with Crippen LogP contribution < -0.4 is 5.84 Å². The van der Waals surface area contributed by atoms with Crippen molar-refractivity contribution in [1.29, 1.82) is 0 Å². The highest BCUT2D eigenvalue weighted by Crippen LogP contribution is 2.27. The van der Waals surface area contributed by atoms with Crippen LogP contribution in [0, 0.1) is 0 Å². The Kier molecular flexibility index (Phi) is 3.19. The van der Waals surface area contributed by atoms with Gasteiger partial charge in [0.1, 0.15) is 5.84 Å². The minimum atomic E-state index is -0.0624. The van der Waals surface area contributed by atoms with Crippen LogP contribution in [0.5, 0.6) is 0 Å². The molecule has 2 aliphatic heterocycles. The van der Waals surface area contributed by atoms with Crippen molar-refractivity contribution in [2.24, 2.45) is 10.8 Å². The number of allylic oxidation sites excluding steroid dienone is 2. The number of nitrogens with two attached hydrogens (primary N) is 1. The standard InChI is InChI=1S/C13H14N4S/c14-17-13(15-12-8-4-5-9-16(12)17)18-10-11-6-2-1-3-7-11/h1-9,13H,10,14H2. The Morgan fingerprint density at radius 3 is 2.83 bits per heavy atom. The summed E-state index contributed by atoms with van der Waals surface area (Å²) < 4.78 is 0. The average Bonchev–Trinajstić information content (AvgIpc) is 2.75. The molecule has 0 spiro atoms. The Balaban J connectivity index is 1.66. The van der Waals surface area contributed by atoms with E-state index in [-0.39, 0.29) is 5.50 Å². The number of thioether (sulfide) groups is 1. The van der Waals surface area contributed by atoms with Crippen LogP contribution in [0.4, 0.5) is 0 Å². The van der Waals surface area contributed by atoms with E-state index < -0.39 is 0 Å². The van der Waals surface area contributed by atoms with E-state index in [1.165, 1.54) is 5.56 Å². The van der Waals surface area contributed by atoms with Gasteiger partial charge >= 0.3 is 0 Å². The first-order valence-corrected chi connectivity index (χ1v) is 6.81. The molecular weight excluding hydrogens is 244 g/mol. The Labute approximate surface area is 110 Å². The zero-order valence-corrected chi connectivity index (χ0v) is 10.6. The molecule has 4 nitrogen and oxygen atoms in total. The summed E-state index contributed by atoms with van der Waals surface area (Å²) in [6, 6.07) is 10.3. The van der Waals surface area contributed by atoms with Crippen LogP contribution in [0.15, 0.2) is 59.8 Å². The van der Waals surface area contributed by atoms with E-state index in [2.05, 4.69) is 17.1 Å². The maximum absolute atomic E-state index is 6.04. The monoisotopic (exact) mass is 258 g/mol. The smallest absolute Gasteiger partial charge is 0.183 e. The molecule has 92 valence electrons. The van der Waals surface area contributed by atoms with E-state index in [1.807, 2.05) is 47.6 Å². The second-order valence-corrected chi connectivity index (χ2v) is 5.08. The van der Waals surface area contributed by atoms with E-state index in [1.54, 1.807) is 16.9 Å². The lowest BCUT2D eigenvalue weighted by atomic mass is 10.2. The Morgan fingerprint density at radius 1 is 1.22 bits per heavy atom. The molecule has 0 saturated carbocycles. The lowest BCUT2D eigenvalue weighted by molar-refractivity contribution is 0.104. The van der Waals surface area contributed by atoms with Gasteiger partial charge in [-0.15, -0.1) is 16.9 Å². The Morgan fingerprint density at radius 2 is 2.06 bits per heavy atom. The predicted octanol–water partition coefficient (Wildman–Crippen LogP) is 2.09. The second-order valence-electron chi connectivity index (χ2n) is 4.04. The summed E-state index contributed by atoms with van der Waals surface area (Å²) in [7, 11) is 0. The Bertz CT molecular complexity index is 509. The van der Waals surface area contributed by atoms with Crippen molar-refractivity contribution < 1.29 is 0 Å². The van der Waals surface area contributed by atoms with E-state index in [9.17, 15) is 0 Å². The molecule has 2 aliphatic rings. The molecule has 0 amide bonds. The van der Waals surface area contributed by atoms with E-state index in [0.717, 1.165) is 11.6 Å². The van der Waals surface area contributed by atoms with Crippen molar-refractivity contribution in [3.05, 3.63) is 60.3 Å². The highest BCUT2D eigenvalue weighted by atomic mass is 32.2. The zero-order valence-electron chi connectivity index (χ0n) is 9.81. The number of hydrazine groups is 2. The number of benzene rings is 1. The third-order valence-electron chi connectivity index (χ3n) is 2.78. The second kappa shape index (κ2) is 4.97. The minimum Gasteiger partial charge on any atom is -0.248 e. The normalized spacial score (nSPS) is 22.2. The molecule has 3 rings (SSSR count). The van der Waals surface area contributed by atoms with Gasteiger partial charge in [-0.3, -0.25) is 0 Å². The number of hydrogen-bond donors (Lipinski definition) is 1. The SMILES string of the molecule is NN1C(SCc2ccccc2)N=C2C=CC=CN21. The molecule has 0 fully saturated rings. The predicted molar refractivity (Wildman–Crippen MR) is 75.1 cm³/mol. The van der Waals surface area contributed by atoms with Gasteiger partial charge in [-0.2, -0.15) is 0 Å². The lowest BCUT2D eigenvalue weighted by Crippen LogP contribution is -2.45. The van der Waals surface area contributed by atoms with Gasteiger partial charge in [0.25, 0.3) is 0 Å². The molecular formula is C13H14N4S. The summed E-state index contributed by atoms with van der Waals surface area (Å²) in [5.74, 6) is 7.83. The summed E-state index contributed by atoms with van der Waals surface area (Å²) >= 11 is 1.72. The van der Waals surface area contributed by atoms with Gasteiger partial charge in [0.15, 0.2) is 5.50 Å². The number of amidine groups is 1. The summed E-state index contributed by atoms with van der Waals surface area (Å²) in [6.45, 7) is 0. The Hall–Kier alpha value is -1.56. The van der Waals surface area contributed by atoms with Crippen LogP contribution in [0.25, 0.3) is 0 Å². The molecule has 0 radical (unpaired) electrons. The van der Waals surface area contributed by atoms with Gasteiger partial charge in [0.2, 0.25) is 0 Å². The third kappa shape index (κ3) is 2.20. The van der Waals surface area contributed by atoms with Gasteiger partial charge in [-0.1, -0.05) is 36.4 Å². The first-order valence-electron chi connectivity index (χ1n) is 5.76. The zero-order chi connectivity index (χ0) is 12.4. The fraction of sp³-hybridized carbons (Fsp3) is 0.154. The van der Waals surface area contributed by atoms with Gasteiger partial charge in [-0.25, -0.2) is 15.8 Å². The van der Waals surface area contributed by atoms with Gasteiger partial charge < -0.3 is 0 Å². The van der Waals surface area contributed by atoms with E-state index in [4.69, 9.17) is 5.84 Å². The first kappa shape index (κ1) is 11.5. The fourth-order valence-corrected chi connectivity index (χ4v) is 2.83. The molecule has 0 aromatic heterocycles. The van der Waals surface area contributed by atoms with Crippen molar-refractivity contribution in [3.8, 4) is 0 Å². The van der Waals surface area contributed by atoms with Crippen LogP contribution in [0.1, 0.15) is 5.56 Å². The molecule has 1 unspecified atom stereocenters. The number of aliphatic imine (C=N–C) groups is 1. The minimum absolute atomic E-state index is 0.0624. The van der Waals surface area contributed by atoms with E-state index >= 15 is 0 Å². The van der Waals surface area contributed by atoms with Crippen LogP contribution in [0.3, 0.4) is 0 Å². The highest BCUT2D eigenvalue weighted by molar-refractivity contribution is 7.99. The maximum atomic E-state index is 6.04. The fourth-order valence-electron chi connectivity index (χ4n) is 1.86. The third-order valence-corrected chi connectivity index (χ3v) is 3.90. The van der Waals surface area contributed by atoms with Crippen molar-refractivity contribution in [2.45, 2.75) is 11.3 Å². The first-order chi connectivity index (χ1) is 8.84. The maximum Gasteiger partial charge on any atom is 0.183 e. The van der Waals surface area contributed by atoms with Crippen molar-refractivity contribution >= 4 is 17.6 Å². The highest BCUT2D eigenvalue weighted by Gasteiger charge is 2.29. The van der Waals surface area contributed by atoms with Gasteiger partial charge in [-0.05, 0) is 17.7 Å². The molecule has 0 saturated heterocycles. The van der Waals surface area contributed by atoms with Crippen LogP contribution in [-0.4, -0.2) is 21.5 Å². The summed E-state index contributed by atoms with van der Waals surface area (Å²) in [4.78, 5) is 4.57. The topological polar surface area (TPSA) is 44.9 Å². The molecule has 2 N–H and O–H groups in total. The quantitative estimate of drug-likeness (QED) is 0.843. The van der Waals surface area contributed by atoms with Gasteiger partial charge in [0, 0.05) is 12.0 Å². The van der Waals surface area contributed by atoms with Crippen LogP contribution in [-0.2, 0) is 5.75 Å². The molecule has 1 aromatic rings. The number of rotatable bonds is 3. The number of hydrogen-bond acceptors (Lipinski definition) is 5. The summed E-state index contributed by atoms with van der Waals surface area (Å²) in [5, 5.41) is 3.52. The van der Waals surface area contributed by atoms with Crippen LogP contribution >= 0.6 is 11.8 Å². The molecule has 5 heteroatoms. The average molecular weight is 258 g/mol. The largest absolute Gasteiger partial charge is 0.248 e. The number of fused-ring (bicyclic) bond motifs is 1. The van der Waals surface area contributed by atoms with Crippen molar-refractivity contribution in [1.82, 2.24) is 10.1 Å². The lowest BCUT2D eigenvalue weighted by Gasteiger charge is -2.26. The number of nitrogens with zero attached hydrogens (tertiary/aromatic N) is 3. The molecule has 2 heterocycles. The summed E-state index contributed by atoms with van der Waals surface area (Å²) in [5.41, 5.74) is 1.22. The molecule has 0 aliphatic carbocycles. The van der Waals surface area contributed by atoms with Crippen molar-refractivity contribution in [2.75, 3.05) is 0 Å².